The summed E-state index contributed by atoms with van der Waals surface area (Å²) in [5.74, 6) is -0.873. The highest BCUT2D eigenvalue weighted by Gasteiger charge is 2.37. The SMILES string of the molecule is CCC(CC)(C(=O)O)n1cc(Cl)cn1. The molecular formula is C9H13ClN2O2. The van der Waals surface area contributed by atoms with Gasteiger partial charge in [-0.25, -0.2) is 4.79 Å². The van der Waals surface area contributed by atoms with E-state index in [9.17, 15) is 9.90 Å². The number of carboxylic acid groups (broad SMARTS) is 1. The second-order valence-corrected chi connectivity index (χ2v) is 3.58. The number of carboxylic acids is 1. The highest BCUT2D eigenvalue weighted by molar-refractivity contribution is 6.30. The molecule has 1 N–H and O–H groups in total. The number of halogens is 1. The largest absolute Gasteiger partial charge is 0.479 e. The van der Waals surface area contributed by atoms with Crippen LogP contribution in [-0.2, 0) is 10.3 Å². The van der Waals surface area contributed by atoms with E-state index in [0.717, 1.165) is 0 Å². The Bertz CT molecular complexity index is 331. The Kier molecular flexibility index (Phi) is 3.16. The first-order valence-electron chi connectivity index (χ1n) is 4.51. The van der Waals surface area contributed by atoms with Crippen molar-refractivity contribution in [2.24, 2.45) is 0 Å². The molecule has 0 radical (unpaired) electrons. The predicted octanol–water partition coefficient (Wildman–Crippen LogP) is 2.14. The fourth-order valence-electron chi connectivity index (χ4n) is 1.51. The van der Waals surface area contributed by atoms with E-state index < -0.39 is 11.5 Å². The van der Waals surface area contributed by atoms with Crippen LogP contribution < -0.4 is 0 Å². The van der Waals surface area contributed by atoms with Gasteiger partial charge >= 0.3 is 5.97 Å². The molecule has 1 heterocycles. The van der Waals surface area contributed by atoms with Crippen LogP contribution in [0.5, 0.6) is 0 Å². The molecule has 0 aromatic carbocycles. The summed E-state index contributed by atoms with van der Waals surface area (Å²) < 4.78 is 1.43. The van der Waals surface area contributed by atoms with E-state index in [0.29, 0.717) is 17.9 Å². The van der Waals surface area contributed by atoms with Gasteiger partial charge in [0.05, 0.1) is 11.2 Å². The van der Waals surface area contributed by atoms with Crippen molar-refractivity contribution >= 4 is 17.6 Å². The average molecular weight is 217 g/mol. The van der Waals surface area contributed by atoms with Gasteiger partial charge in [-0.15, -0.1) is 0 Å². The van der Waals surface area contributed by atoms with Gasteiger partial charge in [0, 0.05) is 6.20 Å². The van der Waals surface area contributed by atoms with Crippen molar-refractivity contribution in [3.63, 3.8) is 0 Å². The molecule has 0 fully saturated rings. The van der Waals surface area contributed by atoms with E-state index >= 15 is 0 Å². The zero-order valence-electron chi connectivity index (χ0n) is 8.20. The van der Waals surface area contributed by atoms with Crippen molar-refractivity contribution in [2.75, 3.05) is 0 Å². The highest BCUT2D eigenvalue weighted by atomic mass is 35.5. The molecule has 0 aliphatic rings. The van der Waals surface area contributed by atoms with E-state index in [-0.39, 0.29) is 0 Å². The molecule has 0 spiro atoms. The first-order chi connectivity index (χ1) is 6.56. The van der Waals surface area contributed by atoms with Gasteiger partial charge in [0.15, 0.2) is 5.54 Å². The summed E-state index contributed by atoms with van der Waals surface area (Å²) in [5, 5.41) is 13.6. The van der Waals surface area contributed by atoms with E-state index in [4.69, 9.17) is 11.6 Å². The summed E-state index contributed by atoms with van der Waals surface area (Å²) in [6, 6.07) is 0. The molecule has 1 rings (SSSR count). The van der Waals surface area contributed by atoms with E-state index in [2.05, 4.69) is 5.10 Å². The van der Waals surface area contributed by atoms with Crippen LogP contribution in [0.15, 0.2) is 12.4 Å². The Balaban J connectivity index is 3.16. The van der Waals surface area contributed by atoms with Crippen molar-refractivity contribution in [1.82, 2.24) is 9.78 Å². The van der Waals surface area contributed by atoms with Crippen molar-refractivity contribution in [3.8, 4) is 0 Å². The van der Waals surface area contributed by atoms with E-state index in [1.807, 2.05) is 13.8 Å². The molecule has 1 aromatic rings. The minimum absolute atomic E-state index is 0.456. The first kappa shape index (κ1) is 11.0. The lowest BCUT2D eigenvalue weighted by Gasteiger charge is -2.26. The van der Waals surface area contributed by atoms with Crippen molar-refractivity contribution < 1.29 is 9.90 Å². The summed E-state index contributed by atoms with van der Waals surface area (Å²) in [4.78, 5) is 11.2. The summed E-state index contributed by atoms with van der Waals surface area (Å²) in [7, 11) is 0. The third kappa shape index (κ3) is 1.62. The van der Waals surface area contributed by atoms with Gasteiger partial charge in [-0.3, -0.25) is 4.68 Å². The zero-order valence-corrected chi connectivity index (χ0v) is 8.95. The minimum Gasteiger partial charge on any atom is -0.479 e. The molecular weight excluding hydrogens is 204 g/mol. The standard InChI is InChI=1S/C9H13ClN2O2/c1-3-9(4-2,8(13)14)12-6-7(10)5-11-12/h5-6H,3-4H2,1-2H3,(H,13,14). The van der Waals surface area contributed by atoms with Crippen LogP contribution in [0, 0.1) is 0 Å². The number of rotatable bonds is 4. The smallest absolute Gasteiger partial charge is 0.331 e. The number of hydrogen-bond acceptors (Lipinski definition) is 2. The van der Waals surface area contributed by atoms with Crippen molar-refractivity contribution in [2.45, 2.75) is 32.2 Å². The van der Waals surface area contributed by atoms with Gasteiger partial charge in [-0.05, 0) is 12.8 Å². The molecule has 0 atom stereocenters. The monoisotopic (exact) mass is 216 g/mol. The fourth-order valence-corrected chi connectivity index (χ4v) is 1.65. The molecule has 78 valence electrons. The van der Waals surface area contributed by atoms with E-state index in [1.165, 1.54) is 10.9 Å². The summed E-state index contributed by atoms with van der Waals surface area (Å²) in [6.45, 7) is 3.65. The Morgan fingerprint density at radius 1 is 1.64 bits per heavy atom. The molecule has 0 saturated heterocycles. The van der Waals surface area contributed by atoms with E-state index in [1.54, 1.807) is 6.20 Å². The normalized spacial score (nSPS) is 11.6. The Morgan fingerprint density at radius 2 is 2.21 bits per heavy atom. The van der Waals surface area contributed by atoms with Crippen LogP contribution in [0.25, 0.3) is 0 Å². The van der Waals surface area contributed by atoms with Crippen LogP contribution in [0.3, 0.4) is 0 Å². The topological polar surface area (TPSA) is 55.1 Å². The van der Waals surface area contributed by atoms with Crippen molar-refractivity contribution in [1.29, 1.82) is 0 Å². The van der Waals surface area contributed by atoms with Crippen molar-refractivity contribution in [3.05, 3.63) is 17.4 Å². The summed E-state index contributed by atoms with van der Waals surface area (Å²) in [6.07, 6.45) is 3.96. The van der Waals surface area contributed by atoms with Gasteiger partial charge < -0.3 is 5.11 Å². The number of carbonyl (C=O) groups is 1. The third-order valence-electron chi connectivity index (χ3n) is 2.56. The molecule has 0 aliphatic heterocycles. The van der Waals surface area contributed by atoms with Crippen LogP contribution in [0.4, 0.5) is 0 Å². The molecule has 0 unspecified atom stereocenters. The fraction of sp³-hybridized carbons (Fsp3) is 0.556. The van der Waals surface area contributed by atoms with Gasteiger partial charge in [0.25, 0.3) is 0 Å². The summed E-state index contributed by atoms with van der Waals surface area (Å²) in [5.41, 5.74) is -0.965. The number of hydrogen-bond donors (Lipinski definition) is 1. The molecule has 4 nitrogen and oxygen atoms in total. The first-order valence-corrected chi connectivity index (χ1v) is 4.88. The quantitative estimate of drug-likeness (QED) is 0.839. The molecule has 0 amide bonds. The van der Waals surface area contributed by atoms with Gasteiger partial charge in [0.1, 0.15) is 0 Å². The maximum atomic E-state index is 11.2. The van der Waals surface area contributed by atoms with Crippen LogP contribution in [-0.4, -0.2) is 20.9 Å². The second-order valence-electron chi connectivity index (χ2n) is 3.15. The Labute approximate surface area is 87.5 Å². The lowest BCUT2D eigenvalue weighted by molar-refractivity contribution is -0.148. The number of nitrogens with zero attached hydrogens (tertiary/aromatic N) is 2. The third-order valence-corrected chi connectivity index (χ3v) is 2.75. The lowest BCUT2D eigenvalue weighted by Crippen LogP contribution is -2.41. The predicted molar refractivity (Wildman–Crippen MR) is 53.4 cm³/mol. The lowest BCUT2D eigenvalue weighted by atomic mass is 9.93. The number of aliphatic carboxylic acids is 1. The molecule has 5 heteroatoms. The molecule has 0 bridgehead atoms. The molecule has 0 aliphatic carbocycles. The highest BCUT2D eigenvalue weighted by Crippen LogP contribution is 2.26. The maximum absolute atomic E-state index is 11.2. The van der Waals surface area contributed by atoms with Crippen LogP contribution in [0.1, 0.15) is 26.7 Å². The minimum atomic E-state index is -0.965. The second kappa shape index (κ2) is 4.00. The Hall–Kier alpha value is -1.03. The van der Waals surface area contributed by atoms with Gasteiger partial charge in [-0.1, -0.05) is 25.4 Å². The number of aromatic nitrogens is 2. The zero-order chi connectivity index (χ0) is 10.8. The molecule has 1 aromatic heterocycles. The Morgan fingerprint density at radius 3 is 2.50 bits per heavy atom. The summed E-state index contributed by atoms with van der Waals surface area (Å²) >= 11 is 5.71. The molecule has 14 heavy (non-hydrogen) atoms. The van der Waals surface area contributed by atoms with Crippen LogP contribution >= 0.6 is 11.6 Å². The van der Waals surface area contributed by atoms with Crippen LogP contribution in [0.2, 0.25) is 5.02 Å². The average Bonchev–Trinajstić information content (AvgIpc) is 2.55. The molecule has 0 saturated carbocycles. The van der Waals surface area contributed by atoms with Gasteiger partial charge in [-0.2, -0.15) is 5.10 Å². The maximum Gasteiger partial charge on any atom is 0.331 e. The van der Waals surface area contributed by atoms with Gasteiger partial charge in [0.2, 0.25) is 0 Å².